The lowest BCUT2D eigenvalue weighted by molar-refractivity contribution is -0.145. The summed E-state index contributed by atoms with van der Waals surface area (Å²) >= 11 is 6.68. The fraction of sp³-hybridized carbons (Fsp3) is 0.382. The maximum absolute atomic E-state index is 13.9. The summed E-state index contributed by atoms with van der Waals surface area (Å²) in [6.07, 6.45) is 1.88. The molecule has 4 rings (SSSR count). The van der Waals surface area contributed by atoms with Gasteiger partial charge in [0.15, 0.2) is 5.78 Å². The highest BCUT2D eigenvalue weighted by atomic mass is 35.5. The number of amides is 4. The first kappa shape index (κ1) is 38.1. The number of ketones is 1. The summed E-state index contributed by atoms with van der Waals surface area (Å²) in [5.74, 6) is -2.74. The van der Waals surface area contributed by atoms with Crippen LogP contribution >= 0.6 is 31.0 Å². The smallest absolute Gasteiger partial charge is 0.335 e. The molecular formula is C34H40ClN4O8PS. The van der Waals surface area contributed by atoms with Crippen molar-refractivity contribution in [2.45, 2.75) is 63.1 Å². The minimum Gasteiger partial charge on any atom is -0.368 e. The molecular weight excluding hydrogens is 691 g/mol. The van der Waals surface area contributed by atoms with Crippen molar-refractivity contribution in [1.82, 2.24) is 15.5 Å². The Labute approximate surface area is 293 Å². The van der Waals surface area contributed by atoms with Gasteiger partial charge in [0.1, 0.15) is 18.1 Å². The molecule has 12 nitrogen and oxygen atoms in total. The zero-order valence-electron chi connectivity index (χ0n) is 26.8. The Hall–Kier alpha value is -3.74. The van der Waals surface area contributed by atoms with Gasteiger partial charge in [-0.1, -0.05) is 54.1 Å². The third-order valence-electron chi connectivity index (χ3n) is 8.15. The van der Waals surface area contributed by atoms with E-state index in [0.29, 0.717) is 29.8 Å². The van der Waals surface area contributed by atoms with Crippen LogP contribution in [0.2, 0.25) is 5.02 Å². The van der Waals surface area contributed by atoms with Gasteiger partial charge in [-0.3, -0.25) is 28.5 Å². The highest BCUT2D eigenvalue weighted by Gasteiger charge is 2.37. The van der Waals surface area contributed by atoms with Crippen LogP contribution < -0.4 is 16.4 Å². The van der Waals surface area contributed by atoms with Crippen LogP contribution in [0.1, 0.15) is 54.4 Å². The lowest BCUT2D eigenvalue weighted by atomic mass is 9.98. The zero-order chi connectivity index (χ0) is 35.6. The minimum absolute atomic E-state index is 0.0781. The third kappa shape index (κ3) is 11.7. The number of rotatable bonds is 16. The van der Waals surface area contributed by atoms with Crippen LogP contribution in [0.5, 0.6) is 0 Å². The maximum atomic E-state index is 13.9. The fourth-order valence-corrected chi connectivity index (χ4v) is 7.64. The number of thioether (sulfide) groups is 1. The molecule has 3 atom stereocenters. The minimum atomic E-state index is -4.40. The summed E-state index contributed by atoms with van der Waals surface area (Å²) < 4.78 is 11.5. The average molecular weight is 731 g/mol. The molecule has 0 bridgehead atoms. The average Bonchev–Trinajstić information content (AvgIpc) is 3.06. The monoisotopic (exact) mass is 730 g/mol. The number of primary amides is 1. The Bertz CT molecular complexity index is 1720. The van der Waals surface area contributed by atoms with Gasteiger partial charge in [0.05, 0.1) is 5.49 Å². The highest BCUT2D eigenvalue weighted by molar-refractivity contribution is 8.04. The van der Waals surface area contributed by atoms with E-state index in [2.05, 4.69) is 10.6 Å². The second-order valence-corrected chi connectivity index (χ2v) is 15.5. The van der Waals surface area contributed by atoms with Crippen molar-refractivity contribution in [3.05, 3.63) is 82.9 Å². The number of hydrogen-bond acceptors (Lipinski definition) is 7. The highest BCUT2D eigenvalue weighted by Crippen LogP contribution is 2.38. The molecule has 0 saturated carbocycles. The van der Waals surface area contributed by atoms with Gasteiger partial charge in [0.25, 0.3) is 0 Å². The number of fused-ring (bicyclic) bond motifs is 1. The van der Waals surface area contributed by atoms with E-state index in [-0.39, 0.29) is 43.8 Å². The SMILES string of the molecule is NC(=O)[C@H](Cc1ccc2ccccc2c1)NC(=O)[C@@H]1CCCCN1C(=O)[C@H](CSCP(=O)(O)O)NC(=O)CCCC(=O)c1ccc(Cl)cc1. The van der Waals surface area contributed by atoms with E-state index in [4.69, 9.17) is 17.3 Å². The van der Waals surface area contributed by atoms with Crippen LogP contribution in [0, 0.1) is 0 Å². The molecule has 3 aromatic rings. The molecule has 262 valence electrons. The first-order valence-electron chi connectivity index (χ1n) is 15.9. The second kappa shape index (κ2) is 17.8. The van der Waals surface area contributed by atoms with Crippen molar-refractivity contribution in [2.75, 3.05) is 17.8 Å². The summed E-state index contributed by atoms with van der Waals surface area (Å²) in [6, 6.07) is 16.6. The van der Waals surface area contributed by atoms with Crippen LogP contribution in [0.15, 0.2) is 66.7 Å². The molecule has 0 aliphatic carbocycles. The van der Waals surface area contributed by atoms with Crippen LogP contribution in [-0.2, 0) is 30.2 Å². The lowest BCUT2D eigenvalue weighted by Gasteiger charge is -2.37. The van der Waals surface area contributed by atoms with Gasteiger partial charge in [-0.05, 0) is 66.3 Å². The lowest BCUT2D eigenvalue weighted by Crippen LogP contribution is -2.60. The van der Waals surface area contributed by atoms with E-state index in [1.807, 2.05) is 42.5 Å². The summed E-state index contributed by atoms with van der Waals surface area (Å²) in [4.78, 5) is 85.5. The van der Waals surface area contributed by atoms with Crippen molar-refractivity contribution >= 4 is 71.1 Å². The van der Waals surface area contributed by atoms with Gasteiger partial charge in [-0.15, -0.1) is 11.8 Å². The molecule has 0 aromatic heterocycles. The largest absolute Gasteiger partial charge is 0.368 e. The van der Waals surface area contributed by atoms with Gasteiger partial charge in [-0.2, -0.15) is 0 Å². The summed E-state index contributed by atoms with van der Waals surface area (Å²) in [5.41, 5.74) is 6.36. The Morgan fingerprint density at radius 3 is 2.35 bits per heavy atom. The normalized spacial score (nSPS) is 16.1. The number of likely N-dealkylation sites (tertiary alicyclic amines) is 1. The molecule has 4 amide bonds. The number of nitrogens with one attached hydrogen (secondary N) is 2. The third-order valence-corrected chi connectivity index (χ3v) is 11.1. The summed E-state index contributed by atoms with van der Waals surface area (Å²) in [6.45, 7) is 0.202. The Balaban J connectivity index is 1.42. The van der Waals surface area contributed by atoms with Crippen LogP contribution in [0.3, 0.4) is 0 Å². The molecule has 1 fully saturated rings. The van der Waals surface area contributed by atoms with E-state index in [0.717, 1.165) is 28.1 Å². The first-order chi connectivity index (χ1) is 23.3. The van der Waals surface area contributed by atoms with Gasteiger partial charge in [0, 0.05) is 42.1 Å². The first-order valence-corrected chi connectivity index (χ1v) is 19.2. The van der Waals surface area contributed by atoms with Crippen LogP contribution in [0.25, 0.3) is 10.8 Å². The Morgan fingerprint density at radius 1 is 0.939 bits per heavy atom. The molecule has 1 aliphatic heterocycles. The number of carbonyl (C=O) groups is 5. The van der Waals surface area contributed by atoms with Gasteiger partial charge >= 0.3 is 7.60 Å². The molecule has 1 heterocycles. The molecule has 0 unspecified atom stereocenters. The number of nitrogens with zero attached hydrogens (tertiary/aromatic N) is 1. The zero-order valence-corrected chi connectivity index (χ0v) is 29.2. The van der Waals surface area contributed by atoms with E-state index in [1.165, 1.54) is 4.90 Å². The number of piperidine rings is 1. The van der Waals surface area contributed by atoms with Crippen molar-refractivity contribution in [3.63, 3.8) is 0 Å². The fourth-order valence-electron chi connectivity index (χ4n) is 5.68. The van der Waals surface area contributed by atoms with E-state index in [9.17, 15) is 38.3 Å². The van der Waals surface area contributed by atoms with Crippen LogP contribution in [0.4, 0.5) is 0 Å². The number of halogens is 1. The molecule has 49 heavy (non-hydrogen) atoms. The maximum Gasteiger partial charge on any atom is 0.335 e. The predicted molar refractivity (Wildman–Crippen MR) is 189 cm³/mol. The van der Waals surface area contributed by atoms with E-state index < -0.39 is 54.8 Å². The Morgan fingerprint density at radius 2 is 1.65 bits per heavy atom. The van der Waals surface area contributed by atoms with Gasteiger partial charge in [-0.25, -0.2) is 0 Å². The van der Waals surface area contributed by atoms with Crippen molar-refractivity contribution in [2.24, 2.45) is 5.73 Å². The molecule has 15 heteroatoms. The molecule has 6 N–H and O–H groups in total. The number of hydrogen-bond donors (Lipinski definition) is 5. The standard InChI is InChI=1S/C34H40ClN4O8PS/c35-26-15-13-24(14-16-26)30(40)9-5-10-31(41)37-28(20-49-21-48(45,46)47)34(44)39-17-4-3-8-29(39)33(43)38-27(32(36)42)19-22-11-12-23-6-1-2-7-25(23)18-22/h1-2,6-7,11-16,18,27-29H,3-5,8-10,17,19-21H2,(H2,36,42)(H,37,41)(H,38,43)(H2,45,46,47)/t27-,28-,29-/m0/s1. The van der Waals surface area contributed by atoms with E-state index >= 15 is 0 Å². The Kier molecular flexibility index (Phi) is 13.8. The molecule has 1 aliphatic rings. The van der Waals surface area contributed by atoms with E-state index in [1.54, 1.807) is 24.3 Å². The van der Waals surface area contributed by atoms with Gasteiger partial charge in [0.2, 0.25) is 23.6 Å². The number of carbonyl (C=O) groups excluding carboxylic acids is 5. The molecule has 1 saturated heterocycles. The van der Waals surface area contributed by atoms with Gasteiger partial charge < -0.3 is 31.1 Å². The number of nitrogens with two attached hydrogens (primary N) is 1. The quantitative estimate of drug-likeness (QED) is 0.108. The number of benzene rings is 3. The summed E-state index contributed by atoms with van der Waals surface area (Å²) in [7, 11) is -4.40. The van der Waals surface area contributed by atoms with Crippen LogP contribution in [-0.4, -0.2) is 80.0 Å². The molecule has 3 aromatic carbocycles. The van der Waals surface area contributed by atoms with Crippen molar-refractivity contribution < 1.29 is 38.3 Å². The molecule has 0 radical (unpaired) electrons. The second-order valence-electron chi connectivity index (χ2n) is 12.0. The molecule has 0 spiro atoms. The summed E-state index contributed by atoms with van der Waals surface area (Å²) in [5, 5.41) is 7.85. The van der Waals surface area contributed by atoms with Crippen molar-refractivity contribution in [1.29, 1.82) is 0 Å². The van der Waals surface area contributed by atoms with Crippen molar-refractivity contribution in [3.8, 4) is 0 Å². The topological polar surface area (TPSA) is 196 Å². The predicted octanol–water partition coefficient (Wildman–Crippen LogP) is 3.79. The number of Topliss-reactive ketones (excluding diaryl/α,β-unsaturated/α-hetero) is 1.